The molecule has 3 aromatic rings. The molecule has 0 aliphatic heterocycles. The number of imidazole rings is 1. The lowest BCUT2D eigenvalue weighted by molar-refractivity contribution is 0.908. The van der Waals surface area contributed by atoms with E-state index in [9.17, 15) is 0 Å². The highest BCUT2D eigenvalue weighted by Gasteiger charge is 2.06. The molecule has 3 rings (SSSR count). The van der Waals surface area contributed by atoms with Gasteiger partial charge in [0.05, 0.1) is 16.0 Å². The Morgan fingerprint density at radius 3 is 3.00 bits per heavy atom. The number of thiazole rings is 1. The van der Waals surface area contributed by atoms with Crippen LogP contribution in [0, 0.1) is 0 Å². The first-order valence-electron chi connectivity index (χ1n) is 5.88. The number of aryl methyl sites for hydroxylation is 1. The van der Waals surface area contributed by atoms with Crippen molar-refractivity contribution < 1.29 is 0 Å². The first-order chi connectivity index (χ1) is 8.84. The minimum atomic E-state index is 0.852. The third kappa shape index (κ3) is 2.09. The van der Waals surface area contributed by atoms with Gasteiger partial charge >= 0.3 is 0 Å². The van der Waals surface area contributed by atoms with Crippen LogP contribution < -0.4 is 5.32 Å². The molecule has 92 valence electrons. The van der Waals surface area contributed by atoms with E-state index in [-0.39, 0.29) is 0 Å². The molecule has 0 bridgehead atoms. The quantitative estimate of drug-likeness (QED) is 0.782. The summed E-state index contributed by atoms with van der Waals surface area (Å²) in [5, 5.41) is 6.52. The zero-order valence-corrected chi connectivity index (χ0v) is 10.9. The Hall–Kier alpha value is -1.88. The second kappa shape index (κ2) is 4.78. The summed E-state index contributed by atoms with van der Waals surface area (Å²) in [6, 6.07) is 8.15. The molecule has 0 aliphatic carbocycles. The Balaban J connectivity index is 1.73. The number of hydrogen-bond acceptors (Lipinski definition) is 4. The Labute approximate surface area is 109 Å². The van der Waals surface area contributed by atoms with Crippen LogP contribution in [0.3, 0.4) is 0 Å². The number of fused-ring (bicyclic) bond motifs is 1. The molecule has 1 N–H and O–H groups in total. The van der Waals surface area contributed by atoms with Gasteiger partial charge in [-0.3, -0.25) is 0 Å². The van der Waals surface area contributed by atoms with E-state index in [2.05, 4.69) is 25.9 Å². The molecule has 2 heterocycles. The molecule has 4 nitrogen and oxygen atoms in total. The molecule has 0 radical (unpaired) electrons. The van der Waals surface area contributed by atoms with Crippen molar-refractivity contribution in [1.29, 1.82) is 0 Å². The molecular weight excluding hydrogens is 244 g/mol. The molecule has 0 atom stereocenters. The lowest BCUT2D eigenvalue weighted by atomic mass is 10.3. The lowest BCUT2D eigenvalue weighted by Crippen LogP contribution is -2.08. The summed E-state index contributed by atoms with van der Waals surface area (Å²) in [7, 11) is 2.03. The molecule has 2 aromatic heterocycles. The molecule has 0 unspecified atom stereocenters. The topological polar surface area (TPSA) is 42.7 Å². The summed E-state index contributed by atoms with van der Waals surface area (Å²) in [6.07, 6.45) is 2.77. The predicted molar refractivity (Wildman–Crippen MR) is 75.0 cm³/mol. The number of aromatic nitrogens is 3. The first kappa shape index (κ1) is 11.2. The van der Waals surface area contributed by atoms with Crippen molar-refractivity contribution in [2.75, 3.05) is 11.9 Å². The zero-order chi connectivity index (χ0) is 12.4. The number of rotatable bonds is 4. The molecule has 0 amide bonds. The second-order valence-electron chi connectivity index (χ2n) is 4.09. The van der Waals surface area contributed by atoms with E-state index in [0.717, 1.165) is 35.0 Å². The Morgan fingerprint density at radius 2 is 2.22 bits per heavy atom. The van der Waals surface area contributed by atoms with Crippen molar-refractivity contribution >= 4 is 28.3 Å². The smallest absolute Gasteiger partial charge is 0.203 e. The minimum Gasteiger partial charge on any atom is -0.355 e. The summed E-state index contributed by atoms with van der Waals surface area (Å²) >= 11 is 1.69. The van der Waals surface area contributed by atoms with E-state index < -0.39 is 0 Å². The largest absolute Gasteiger partial charge is 0.355 e. The molecule has 0 saturated heterocycles. The van der Waals surface area contributed by atoms with Gasteiger partial charge in [0.15, 0.2) is 0 Å². The van der Waals surface area contributed by atoms with Crippen molar-refractivity contribution in [2.24, 2.45) is 7.05 Å². The van der Waals surface area contributed by atoms with Gasteiger partial charge < -0.3 is 9.88 Å². The zero-order valence-electron chi connectivity index (χ0n) is 10.1. The van der Waals surface area contributed by atoms with Crippen LogP contribution in [-0.2, 0) is 13.5 Å². The van der Waals surface area contributed by atoms with E-state index in [1.54, 1.807) is 11.3 Å². The first-order valence-corrected chi connectivity index (χ1v) is 6.76. The molecule has 5 heteroatoms. The maximum absolute atomic E-state index is 4.57. The summed E-state index contributed by atoms with van der Waals surface area (Å²) < 4.78 is 2.08. The summed E-state index contributed by atoms with van der Waals surface area (Å²) in [5.41, 5.74) is 2.17. The SMILES string of the molecule is Cn1c(NCCc2nccs2)nc2ccccc21. The minimum absolute atomic E-state index is 0.852. The van der Waals surface area contributed by atoms with Crippen LogP contribution in [0.4, 0.5) is 5.95 Å². The van der Waals surface area contributed by atoms with Gasteiger partial charge in [0.1, 0.15) is 0 Å². The number of para-hydroxylation sites is 2. The van der Waals surface area contributed by atoms with Crippen LogP contribution in [-0.4, -0.2) is 21.1 Å². The maximum Gasteiger partial charge on any atom is 0.203 e. The van der Waals surface area contributed by atoms with Crippen molar-refractivity contribution in [1.82, 2.24) is 14.5 Å². The number of nitrogens with zero attached hydrogens (tertiary/aromatic N) is 3. The number of anilines is 1. The van der Waals surface area contributed by atoms with E-state index in [1.165, 1.54) is 0 Å². The van der Waals surface area contributed by atoms with Gasteiger partial charge in [-0.25, -0.2) is 9.97 Å². The van der Waals surface area contributed by atoms with Crippen molar-refractivity contribution in [3.8, 4) is 0 Å². The second-order valence-corrected chi connectivity index (χ2v) is 5.06. The van der Waals surface area contributed by atoms with Gasteiger partial charge in [0.2, 0.25) is 5.95 Å². The van der Waals surface area contributed by atoms with Crippen LogP contribution in [0.15, 0.2) is 35.8 Å². The molecule has 0 saturated carbocycles. The fourth-order valence-corrected chi connectivity index (χ4v) is 2.58. The lowest BCUT2D eigenvalue weighted by Gasteiger charge is -2.04. The Bertz CT molecular complexity index is 642. The average Bonchev–Trinajstić information content (AvgIpc) is 3.00. The monoisotopic (exact) mass is 258 g/mol. The highest BCUT2D eigenvalue weighted by molar-refractivity contribution is 7.09. The normalized spacial score (nSPS) is 10.9. The van der Waals surface area contributed by atoms with Crippen molar-refractivity contribution in [3.05, 3.63) is 40.8 Å². The molecule has 0 aliphatic rings. The highest BCUT2D eigenvalue weighted by atomic mass is 32.1. The predicted octanol–water partition coefficient (Wildman–Crippen LogP) is 2.68. The Kier molecular flexibility index (Phi) is 2.98. The van der Waals surface area contributed by atoms with Gasteiger partial charge in [-0.05, 0) is 12.1 Å². The fraction of sp³-hybridized carbons (Fsp3) is 0.231. The summed E-state index contributed by atoms with van der Waals surface area (Å²) in [5.74, 6) is 0.910. The number of nitrogens with one attached hydrogen (secondary N) is 1. The highest BCUT2D eigenvalue weighted by Crippen LogP contribution is 2.17. The van der Waals surface area contributed by atoms with E-state index >= 15 is 0 Å². The molecule has 18 heavy (non-hydrogen) atoms. The van der Waals surface area contributed by atoms with E-state index in [0.29, 0.717) is 0 Å². The third-order valence-electron chi connectivity index (χ3n) is 2.89. The van der Waals surface area contributed by atoms with E-state index in [4.69, 9.17) is 0 Å². The van der Waals surface area contributed by atoms with Crippen molar-refractivity contribution in [2.45, 2.75) is 6.42 Å². The molecule has 0 fully saturated rings. The third-order valence-corrected chi connectivity index (χ3v) is 3.73. The average molecular weight is 258 g/mol. The van der Waals surface area contributed by atoms with Crippen LogP contribution in [0.2, 0.25) is 0 Å². The van der Waals surface area contributed by atoms with Crippen LogP contribution in [0.25, 0.3) is 11.0 Å². The van der Waals surface area contributed by atoms with Gasteiger partial charge in [-0.1, -0.05) is 12.1 Å². The maximum atomic E-state index is 4.57. The van der Waals surface area contributed by atoms with Gasteiger partial charge in [0, 0.05) is 31.6 Å². The van der Waals surface area contributed by atoms with Crippen LogP contribution in [0.5, 0.6) is 0 Å². The standard InChI is InChI=1S/C13H14N4S/c1-17-11-5-3-2-4-10(11)16-13(17)15-7-6-12-14-8-9-18-12/h2-5,8-9H,6-7H2,1H3,(H,15,16). The molecule has 0 spiro atoms. The van der Waals surface area contributed by atoms with Gasteiger partial charge in [0.25, 0.3) is 0 Å². The van der Waals surface area contributed by atoms with E-state index in [1.807, 2.05) is 36.8 Å². The summed E-state index contributed by atoms with van der Waals surface area (Å²) in [6.45, 7) is 0.852. The van der Waals surface area contributed by atoms with Gasteiger partial charge in [-0.15, -0.1) is 11.3 Å². The molecular formula is C13H14N4S. The number of hydrogen-bond donors (Lipinski definition) is 1. The summed E-state index contributed by atoms with van der Waals surface area (Å²) in [4.78, 5) is 8.83. The number of benzene rings is 1. The molecule has 1 aromatic carbocycles. The van der Waals surface area contributed by atoms with Crippen LogP contribution in [0.1, 0.15) is 5.01 Å². The van der Waals surface area contributed by atoms with Crippen molar-refractivity contribution in [3.63, 3.8) is 0 Å². The fourth-order valence-electron chi connectivity index (χ4n) is 1.96. The van der Waals surface area contributed by atoms with Crippen LogP contribution >= 0.6 is 11.3 Å². The Morgan fingerprint density at radius 1 is 1.33 bits per heavy atom. The van der Waals surface area contributed by atoms with Gasteiger partial charge in [-0.2, -0.15) is 0 Å².